The third-order valence-electron chi connectivity index (χ3n) is 4.45. The zero-order valence-corrected chi connectivity index (χ0v) is 13.3. The first-order valence-electron chi connectivity index (χ1n) is 7.58. The number of hydrogen-bond donors (Lipinski definition) is 2. The molecule has 112 valence electrons. The molecule has 0 saturated carbocycles. The summed E-state index contributed by atoms with van der Waals surface area (Å²) in [5.41, 5.74) is 0.240. The molecule has 0 aromatic carbocycles. The van der Waals surface area contributed by atoms with Crippen molar-refractivity contribution in [1.82, 2.24) is 15.5 Å². The van der Waals surface area contributed by atoms with Crippen molar-refractivity contribution in [3.05, 3.63) is 0 Å². The predicted molar refractivity (Wildman–Crippen MR) is 80.2 cm³/mol. The smallest absolute Gasteiger partial charge is 0.237 e. The second kappa shape index (κ2) is 7.25. The van der Waals surface area contributed by atoms with Gasteiger partial charge in [-0.3, -0.25) is 9.69 Å². The van der Waals surface area contributed by atoms with E-state index in [1.807, 2.05) is 14.0 Å². The molecule has 1 aliphatic heterocycles. The summed E-state index contributed by atoms with van der Waals surface area (Å²) in [6.45, 7) is 11.4. The molecular formula is C15H31N3O. The summed E-state index contributed by atoms with van der Waals surface area (Å²) < 4.78 is 0. The van der Waals surface area contributed by atoms with Gasteiger partial charge in [-0.25, -0.2) is 0 Å². The normalized spacial score (nSPS) is 21.4. The van der Waals surface area contributed by atoms with Gasteiger partial charge in [0.15, 0.2) is 0 Å². The molecule has 1 fully saturated rings. The van der Waals surface area contributed by atoms with Gasteiger partial charge in [0, 0.05) is 25.2 Å². The molecule has 0 aliphatic carbocycles. The van der Waals surface area contributed by atoms with Crippen LogP contribution >= 0.6 is 0 Å². The third-order valence-corrected chi connectivity index (χ3v) is 4.45. The van der Waals surface area contributed by atoms with Crippen LogP contribution in [0.5, 0.6) is 0 Å². The minimum Gasteiger partial charge on any atom is -0.355 e. The lowest BCUT2D eigenvalue weighted by atomic mass is 9.89. The Morgan fingerprint density at radius 1 is 1.26 bits per heavy atom. The van der Waals surface area contributed by atoms with Crippen LogP contribution in [0.2, 0.25) is 0 Å². The SMILES string of the molecule is CNC1(C)CCN(C(C)C(=O)NCCC(C)C)CC1. The number of nitrogens with one attached hydrogen (secondary N) is 2. The number of carbonyl (C=O) groups excluding carboxylic acids is 1. The van der Waals surface area contributed by atoms with Gasteiger partial charge in [0.05, 0.1) is 6.04 Å². The van der Waals surface area contributed by atoms with Crippen LogP contribution in [0.25, 0.3) is 0 Å². The number of likely N-dealkylation sites (tertiary alicyclic amines) is 1. The van der Waals surface area contributed by atoms with Gasteiger partial charge in [-0.1, -0.05) is 13.8 Å². The van der Waals surface area contributed by atoms with Crippen LogP contribution < -0.4 is 10.6 Å². The van der Waals surface area contributed by atoms with E-state index < -0.39 is 0 Å². The molecule has 1 rings (SSSR count). The Hall–Kier alpha value is -0.610. The molecule has 19 heavy (non-hydrogen) atoms. The van der Waals surface area contributed by atoms with Crippen molar-refractivity contribution in [1.29, 1.82) is 0 Å². The first-order chi connectivity index (χ1) is 8.88. The van der Waals surface area contributed by atoms with Crippen LogP contribution in [0.4, 0.5) is 0 Å². The van der Waals surface area contributed by atoms with Gasteiger partial charge >= 0.3 is 0 Å². The van der Waals surface area contributed by atoms with Crippen molar-refractivity contribution in [2.75, 3.05) is 26.7 Å². The van der Waals surface area contributed by atoms with Crippen molar-refractivity contribution >= 4 is 5.91 Å². The molecule has 1 atom stereocenters. The molecule has 0 aromatic rings. The highest BCUT2D eigenvalue weighted by atomic mass is 16.2. The monoisotopic (exact) mass is 269 g/mol. The van der Waals surface area contributed by atoms with E-state index in [-0.39, 0.29) is 17.5 Å². The van der Waals surface area contributed by atoms with Crippen molar-refractivity contribution in [2.45, 2.75) is 58.5 Å². The summed E-state index contributed by atoms with van der Waals surface area (Å²) in [4.78, 5) is 14.4. The van der Waals surface area contributed by atoms with E-state index in [2.05, 4.69) is 36.3 Å². The molecule has 0 spiro atoms. The van der Waals surface area contributed by atoms with E-state index in [0.29, 0.717) is 5.92 Å². The second-order valence-electron chi connectivity index (χ2n) is 6.50. The van der Waals surface area contributed by atoms with Gasteiger partial charge in [-0.2, -0.15) is 0 Å². The molecule has 2 N–H and O–H groups in total. The van der Waals surface area contributed by atoms with E-state index >= 15 is 0 Å². The standard InChI is InChI=1S/C15H31N3O/c1-12(2)6-9-17-14(19)13(3)18-10-7-15(4,16-5)8-11-18/h12-13,16H,6-11H2,1-5H3,(H,17,19). The summed E-state index contributed by atoms with van der Waals surface area (Å²) in [5.74, 6) is 0.815. The fourth-order valence-electron chi connectivity index (χ4n) is 2.45. The molecule has 1 saturated heterocycles. The number of amides is 1. The van der Waals surface area contributed by atoms with E-state index in [9.17, 15) is 4.79 Å². The fraction of sp³-hybridized carbons (Fsp3) is 0.933. The summed E-state index contributed by atoms with van der Waals surface area (Å²) in [7, 11) is 2.03. The van der Waals surface area contributed by atoms with Gasteiger partial charge < -0.3 is 10.6 Å². The lowest BCUT2D eigenvalue weighted by molar-refractivity contribution is -0.126. The van der Waals surface area contributed by atoms with Gasteiger partial charge in [0.1, 0.15) is 0 Å². The predicted octanol–water partition coefficient (Wildman–Crippen LogP) is 1.61. The summed E-state index contributed by atoms with van der Waals surface area (Å²) in [5, 5.41) is 6.44. The third kappa shape index (κ3) is 5.11. The second-order valence-corrected chi connectivity index (χ2v) is 6.50. The van der Waals surface area contributed by atoms with Crippen molar-refractivity contribution in [3.63, 3.8) is 0 Å². The van der Waals surface area contributed by atoms with Crippen LogP contribution in [0.15, 0.2) is 0 Å². The zero-order chi connectivity index (χ0) is 14.5. The first-order valence-corrected chi connectivity index (χ1v) is 7.58. The average Bonchev–Trinajstić information content (AvgIpc) is 2.38. The molecule has 4 heteroatoms. The van der Waals surface area contributed by atoms with E-state index in [0.717, 1.165) is 38.9 Å². The number of piperidine rings is 1. The van der Waals surface area contributed by atoms with E-state index in [4.69, 9.17) is 0 Å². The molecule has 4 nitrogen and oxygen atoms in total. The van der Waals surface area contributed by atoms with E-state index in [1.54, 1.807) is 0 Å². The molecule has 1 amide bonds. The Bertz CT molecular complexity index is 283. The van der Waals surface area contributed by atoms with Crippen molar-refractivity contribution in [2.24, 2.45) is 5.92 Å². The lowest BCUT2D eigenvalue weighted by Crippen LogP contribution is -2.55. The lowest BCUT2D eigenvalue weighted by Gasteiger charge is -2.41. The molecule has 0 aromatic heterocycles. The maximum atomic E-state index is 12.1. The highest BCUT2D eigenvalue weighted by Crippen LogP contribution is 2.22. The molecule has 1 unspecified atom stereocenters. The Kier molecular flexibility index (Phi) is 6.27. The van der Waals surface area contributed by atoms with Gasteiger partial charge in [-0.05, 0) is 46.1 Å². The highest BCUT2D eigenvalue weighted by molar-refractivity contribution is 5.81. The Morgan fingerprint density at radius 3 is 2.32 bits per heavy atom. The van der Waals surface area contributed by atoms with Gasteiger partial charge in [-0.15, -0.1) is 0 Å². The molecule has 1 aliphatic rings. The van der Waals surface area contributed by atoms with E-state index in [1.165, 1.54) is 0 Å². The number of nitrogens with zero attached hydrogens (tertiary/aromatic N) is 1. The zero-order valence-electron chi connectivity index (χ0n) is 13.3. The van der Waals surface area contributed by atoms with Crippen LogP contribution in [-0.4, -0.2) is 49.1 Å². The van der Waals surface area contributed by atoms with Gasteiger partial charge in [0.25, 0.3) is 0 Å². The fourth-order valence-corrected chi connectivity index (χ4v) is 2.45. The maximum Gasteiger partial charge on any atom is 0.237 e. The highest BCUT2D eigenvalue weighted by Gasteiger charge is 2.31. The number of rotatable bonds is 6. The largest absolute Gasteiger partial charge is 0.355 e. The quantitative estimate of drug-likeness (QED) is 0.770. The van der Waals surface area contributed by atoms with Gasteiger partial charge in [0.2, 0.25) is 5.91 Å². The van der Waals surface area contributed by atoms with Crippen LogP contribution in [0.3, 0.4) is 0 Å². The minimum atomic E-state index is -0.00596. The Morgan fingerprint density at radius 2 is 1.84 bits per heavy atom. The van der Waals surface area contributed by atoms with Crippen LogP contribution in [0.1, 0.15) is 47.0 Å². The summed E-state index contributed by atoms with van der Waals surface area (Å²) in [6.07, 6.45) is 3.26. The topological polar surface area (TPSA) is 44.4 Å². The molecular weight excluding hydrogens is 238 g/mol. The Balaban J connectivity index is 2.34. The number of carbonyl (C=O) groups is 1. The maximum absolute atomic E-state index is 12.1. The van der Waals surface area contributed by atoms with Crippen LogP contribution in [0, 0.1) is 5.92 Å². The first kappa shape index (κ1) is 16.4. The molecule has 0 bridgehead atoms. The average molecular weight is 269 g/mol. The summed E-state index contributed by atoms with van der Waals surface area (Å²) in [6, 6.07) is -0.00596. The molecule has 0 radical (unpaired) electrons. The summed E-state index contributed by atoms with van der Waals surface area (Å²) >= 11 is 0. The Labute approximate surface area is 118 Å². The van der Waals surface area contributed by atoms with Crippen LogP contribution in [-0.2, 0) is 4.79 Å². The van der Waals surface area contributed by atoms with Crippen molar-refractivity contribution in [3.8, 4) is 0 Å². The molecule has 1 heterocycles. The minimum absolute atomic E-state index is 0.00596. The van der Waals surface area contributed by atoms with Crippen molar-refractivity contribution < 1.29 is 4.79 Å². The number of hydrogen-bond acceptors (Lipinski definition) is 3.